The van der Waals surface area contributed by atoms with E-state index in [1.165, 1.54) is 5.56 Å². The molecule has 2 heteroatoms. The molecule has 0 amide bonds. The van der Waals surface area contributed by atoms with Crippen molar-refractivity contribution >= 4 is 5.78 Å². The highest BCUT2D eigenvalue weighted by atomic mass is 16.3. The minimum absolute atomic E-state index is 0.167. The summed E-state index contributed by atoms with van der Waals surface area (Å²) in [6.07, 6.45) is 9.24. The predicted octanol–water partition coefficient (Wildman–Crippen LogP) is 4.90. The molecule has 1 aliphatic carbocycles. The largest absolute Gasteiger partial charge is 0.512 e. The number of benzene rings is 1. The Bertz CT molecular complexity index is 609. The molecule has 0 aliphatic heterocycles. The molecule has 1 aromatic carbocycles. The van der Waals surface area contributed by atoms with Gasteiger partial charge in [-0.3, -0.25) is 4.79 Å². The Morgan fingerprint density at radius 1 is 1.00 bits per heavy atom. The molecule has 110 valence electrons. The van der Waals surface area contributed by atoms with Gasteiger partial charge in [0.1, 0.15) is 0 Å². The Labute approximate surface area is 126 Å². The average Bonchev–Trinajstić information content (AvgIpc) is 2.91. The van der Waals surface area contributed by atoms with Crippen LogP contribution >= 0.6 is 0 Å². The van der Waals surface area contributed by atoms with Gasteiger partial charge in [-0.2, -0.15) is 0 Å². The summed E-state index contributed by atoms with van der Waals surface area (Å²) in [5.41, 5.74) is 4.96. The van der Waals surface area contributed by atoms with Crippen molar-refractivity contribution in [1.29, 1.82) is 0 Å². The molecule has 0 fully saturated rings. The van der Waals surface area contributed by atoms with E-state index < -0.39 is 0 Å². The lowest BCUT2D eigenvalue weighted by molar-refractivity contribution is 0.0978. The van der Waals surface area contributed by atoms with Gasteiger partial charge in [0.25, 0.3) is 0 Å². The van der Waals surface area contributed by atoms with Crippen molar-refractivity contribution in [3.8, 4) is 0 Å². The quantitative estimate of drug-likeness (QED) is 0.616. The topological polar surface area (TPSA) is 37.3 Å². The van der Waals surface area contributed by atoms with Gasteiger partial charge in [-0.1, -0.05) is 42.0 Å². The number of aryl methyl sites for hydroxylation is 3. The zero-order chi connectivity index (χ0) is 15.4. The van der Waals surface area contributed by atoms with Gasteiger partial charge >= 0.3 is 0 Å². The second-order valence-corrected chi connectivity index (χ2v) is 5.67. The molecular weight excluding hydrogens is 260 g/mol. The van der Waals surface area contributed by atoms with Crippen LogP contribution in [-0.2, 0) is 0 Å². The van der Waals surface area contributed by atoms with Crippen LogP contribution in [0.4, 0.5) is 0 Å². The first-order valence-electron chi connectivity index (χ1n) is 7.37. The molecule has 1 aromatic rings. The van der Waals surface area contributed by atoms with E-state index in [-0.39, 0.29) is 5.78 Å². The number of rotatable bonds is 5. The molecule has 2 nitrogen and oxygen atoms in total. The third-order valence-electron chi connectivity index (χ3n) is 3.77. The van der Waals surface area contributed by atoms with Crippen LogP contribution < -0.4 is 0 Å². The molecule has 0 radical (unpaired) electrons. The van der Waals surface area contributed by atoms with Gasteiger partial charge < -0.3 is 5.11 Å². The maximum absolute atomic E-state index is 12.4. The smallest absolute Gasteiger partial charge is 0.163 e. The highest BCUT2D eigenvalue weighted by Gasteiger charge is 2.13. The summed E-state index contributed by atoms with van der Waals surface area (Å²) in [4.78, 5) is 12.4. The number of allylic oxidation sites excluding steroid dienone is 6. The number of Topliss-reactive ketones (excluding diaryl/α,β-unsaturated/α-hetero) is 1. The van der Waals surface area contributed by atoms with Crippen molar-refractivity contribution in [2.24, 2.45) is 0 Å². The molecule has 0 bridgehead atoms. The fourth-order valence-electron chi connectivity index (χ4n) is 2.87. The second-order valence-electron chi connectivity index (χ2n) is 5.67. The van der Waals surface area contributed by atoms with Gasteiger partial charge in [-0.05, 0) is 38.3 Å². The van der Waals surface area contributed by atoms with Gasteiger partial charge in [0.15, 0.2) is 5.78 Å². The number of aliphatic hydroxyl groups is 1. The van der Waals surface area contributed by atoms with Crippen molar-refractivity contribution in [1.82, 2.24) is 0 Å². The molecule has 1 aliphatic rings. The second kappa shape index (κ2) is 6.57. The molecule has 0 aromatic heterocycles. The minimum Gasteiger partial charge on any atom is -0.512 e. The van der Waals surface area contributed by atoms with Gasteiger partial charge in [-0.15, -0.1) is 0 Å². The first kappa shape index (κ1) is 15.3. The summed E-state index contributed by atoms with van der Waals surface area (Å²) in [7, 11) is 0. The molecule has 0 heterocycles. The van der Waals surface area contributed by atoms with E-state index in [9.17, 15) is 9.90 Å². The molecule has 1 N–H and O–H groups in total. The molecule has 0 atom stereocenters. The molecule has 0 spiro atoms. The first-order valence-corrected chi connectivity index (χ1v) is 7.37. The zero-order valence-electron chi connectivity index (χ0n) is 12.9. The summed E-state index contributed by atoms with van der Waals surface area (Å²) in [6, 6.07) is 4.10. The van der Waals surface area contributed by atoms with Gasteiger partial charge in [0.2, 0.25) is 0 Å². The summed E-state index contributed by atoms with van der Waals surface area (Å²) in [6.45, 7) is 6.02. The highest BCUT2D eigenvalue weighted by molar-refractivity contribution is 5.98. The SMILES string of the molecule is Cc1cc(C)c(C(=O)CCCC(O)=C2C=CC=C2)c(C)c1. The summed E-state index contributed by atoms with van der Waals surface area (Å²) in [5.74, 6) is 0.533. The van der Waals surface area contributed by atoms with Crippen molar-refractivity contribution in [3.05, 3.63) is 70.0 Å². The molecule has 2 rings (SSSR count). The molecule has 0 saturated carbocycles. The van der Waals surface area contributed by atoms with Crippen LogP contribution in [0.25, 0.3) is 0 Å². The Morgan fingerprint density at radius 3 is 2.14 bits per heavy atom. The lowest BCUT2D eigenvalue weighted by Crippen LogP contribution is -2.05. The van der Waals surface area contributed by atoms with E-state index in [0.29, 0.717) is 25.0 Å². The fraction of sp³-hybridized carbons (Fsp3) is 0.316. The molecule has 0 saturated heterocycles. The Balaban J connectivity index is 1.98. The number of ketones is 1. The van der Waals surface area contributed by atoms with Crippen LogP contribution in [0.5, 0.6) is 0 Å². The molecule has 0 unspecified atom stereocenters. The van der Waals surface area contributed by atoms with E-state index in [2.05, 4.69) is 0 Å². The Hall–Kier alpha value is -2.09. The Morgan fingerprint density at radius 2 is 1.57 bits per heavy atom. The zero-order valence-corrected chi connectivity index (χ0v) is 12.9. The number of carbonyl (C=O) groups is 1. The average molecular weight is 282 g/mol. The lowest BCUT2D eigenvalue weighted by Gasteiger charge is -2.10. The number of carbonyl (C=O) groups excluding carboxylic acids is 1. The third-order valence-corrected chi connectivity index (χ3v) is 3.77. The van der Waals surface area contributed by atoms with Crippen LogP contribution in [0.2, 0.25) is 0 Å². The Kier molecular flexibility index (Phi) is 4.79. The van der Waals surface area contributed by atoms with Crippen LogP contribution in [0.15, 0.2) is 47.8 Å². The van der Waals surface area contributed by atoms with Gasteiger partial charge in [0, 0.05) is 24.0 Å². The summed E-state index contributed by atoms with van der Waals surface area (Å²) >= 11 is 0. The van der Waals surface area contributed by atoms with Crippen LogP contribution in [0, 0.1) is 20.8 Å². The van der Waals surface area contributed by atoms with Gasteiger partial charge in [0.05, 0.1) is 5.76 Å². The standard InChI is InChI=1S/C19H22O2/c1-13-11-14(2)19(15(3)12-13)18(21)10-6-9-17(20)16-7-4-5-8-16/h4-5,7-8,11-12,20H,6,9-10H2,1-3H3. The van der Waals surface area contributed by atoms with Crippen molar-refractivity contribution in [2.45, 2.75) is 40.0 Å². The van der Waals surface area contributed by atoms with Crippen LogP contribution in [0.3, 0.4) is 0 Å². The summed E-state index contributed by atoms with van der Waals surface area (Å²) < 4.78 is 0. The monoisotopic (exact) mass is 282 g/mol. The lowest BCUT2D eigenvalue weighted by atomic mass is 9.94. The number of hydrogen-bond acceptors (Lipinski definition) is 2. The van der Waals surface area contributed by atoms with E-state index in [4.69, 9.17) is 0 Å². The maximum Gasteiger partial charge on any atom is 0.163 e. The number of hydrogen-bond donors (Lipinski definition) is 1. The molecule has 21 heavy (non-hydrogen) atoms. The normalized spacial score (nSPS) is 13.0. The van der Waals surface area contributed by atoms with Gasteiger partial charge in [-0.25, -0.2) is 0 Å². The first-order chi connectivity index (χ1) is 9.99. The van der Waals surface area contributed by atoms with Crippen molar-refractivity contribution in [3.63, 3.8) is 0 Å². The van der Waals surface area contributed by atoms with Crippen LogP contribution in [0.1, 0.15) is 46.3 Å². The van der Waals surface area contributed by atoms with E-state index in [1.807, 2.05) is 57.2 Å². The minimum atomic E-state index is 0.167. The van der Waals surface area contributed by atoms with Crippen molar-refractivity contribution in [2.75, 3.05) is 0 Å². The molecular formula is C19H22O2. The predicted molar refractivity (Wildman–Crippen MR) is 86.8 cm³/mol. The number of aliphatic hydroxyl groups excluding tert-OH is 1. The van der Waals surface area contributed by atoms with Crippen molar-refractivity contribution < 1.29 is 9.90 Å². The maximum atomic E-state index is 12.4. The van der Waals surface area contributed by atoms with E-state index in [0.717, 1.165) is 22.3 Å². The highest BCUT2D eigenvalue weighted by Crippen LogP contribution is 2.21. The van der Waals surface area contributed by atoms with E-state index >= 15 is 0 Å². The van der Waals surface area contributed by atoms with Crippen LogP contribution in [-0.4, -0.2) is 10.9 Å². The van der Waals surface area contributed by atoms with E-state index in [1.54, 1.807) is 0 Å². The summed E-state index contributed by atoms with van der Waals surface area (Å²) in [5, 5.41) is 9.94. The fourth-order valence-corrected chi connectivity index (χ4v) is 2.87. The third kappa shape index (κ3) is 3.72.